The number of hydrogen-bond donors (Lipinski definition) is 0. The second-order valence-electron chi connectivity index (χ2n) is 7.36. The quantitative estimate of drug-likeness (QED) is 0.665. The Kier molecular flexibility index (Phi) is 4.83. The molecule has 4 rings (SSSR count). The van der Waals surface area contributed by atoms with Gasteiger partial charge < -0.3 is 9.30 Å². The lowest BCUT2D eigenvalue weighted by atomic mass is 9.88. The maximum atomic E-state index is 13.4. The predicted octanol–water partition coefficient (Wildman–Crippen LogP) is 2.94. The van der Waals surface area contributed by atoms with Crippen LogP contribution in [-0.2, 0) is 18.3 Å². The molecule has 0 aliphatic heterocycles. The molecule has 2 heterocycles. The molecule has 2 aromatic heterocycles. The Labute approximate surface area is 157 Å². The largest absolute Gasteiger partial charge is 0.383 e. The van der Waals surface area contributed by atoms with Crippen LogP contribution in [0.1, 0.15) is 43.8 Å². The zero-order valence-electron chi connectivity index (χ0n) is 15.9. The van der Waals surface area contributed by atoms with Gasteiger partial charge in [-0.2, -0.15) is 0 Å². The second-order valence-corrected chi connectivity index (χ2v) is 7.36. The monoisotopic (exact) mass is 367 g/mol. The van der Waals surface area contributed by atoms with Gasteiger partial charge in [0.15, 0.2) is 5.65 Å². The summed E-state index contributed by atoms with van der Waals surface area (Å²) in [7, 11) is 3.49. The highest BCUT2D eigenvalue weighted by molar-refractivity contribution is 5.91. The minimum Gasteiger partial charge on any atom is -0.383 e. The fourth-order valence-corrected chi connectivity index (χ4v) is 4.28. The van der Waals surface area contributed by atoms with Crippen LogP contribution in [0.2, 0.25) is 0 Å². The third-order valence-electron chi connectivity index (χ3n) is 5.72. The van der Waals surface area contributed by atoms with E-state index in [2.05, 4.69) is 0 Å². The minimum atomic E-state index is -0.246. The van der Waals surface area contributed by atoms with Crippen molar-refractivity contribution in [2.24, 2.45) is 7.05 Å². The zero-order chi connectivity index (χ0) is 19.0. The van der Waals surface area contributed by atoms with Crippen molar-refractivity contribution in [3.05, 3.63) is 50.7 Å². The number of methoxy groups -OCH3 is 1. The van der Waals surface area contributed by atoms with Crippen LogP contribution in [0.4, 0.5) is 0 Å². The molecule has 3 aromatic rings. The van der Waals surface area contributed by atoms with Crippen LogP contribution in [0.25, 0.3) is 21.9 Å². The third-order valence-corrected chi connectivity index (χ3v) is 5.72. The number of para-hydroxylation sites is 1. The average molecular weight is 367 g/mol. The fourth-order valence-electron chi connectivity index (χ4n) is 4.28. The Morgan fingerprint density at radius 2 is 1.89 bits per heavy atom. The SMILES string of the molecule is COCCn1c(C2CCCCC2)nc2c(c(=O)c3ccccc3n2C)c1=O. The van der Waals surface area contributed by atoms with Crippen LogP contribution in [0.3, 0.4) is 0 Å². The third kappa shape index (κ3) is 2.98. The highest BCUT2D eigenvalue weighted by Gasteiger charge is 2.24. The second kappa shape index (κ2) is 7.27. The molecule has 6 nitrogen and oxygen atoms in total. The summed E-state index contributed by atoms with van der Waals surface area (Å²) in [5, 5.41) is 0.724. The van der Waals surface area contributed by atoms with Gasteiger partial charge in [-0.1, -0.05) is 31.4 Å². The summed E-state index contributed by atoms with van der Waals surface area (Å²) >= 11 is 0. The average Bonchev–Trinajstić information content (AvgIpc) is 2.71. The zero-order valence-corrected chi connectivity index (χ0v) is 15.9. The molecule has 1 aliphatic carbocycles. The lowest BCUT2D eigenvalue weighted by Crippen LogP contribution is -2.33. The van der Waals surface area contributed by atoms with Gasteiger partial charge in [-0.25, -0.2) is 4.98 Å². The van der Waals surface area contributed by atoms with Crippen molar-refractivity contribution in [2.75, 3.05) is 13.7 Å². The van der Waals surface area contributed by atoms with E-state index in [-0.39, 0.29) is 22.3 Å². The predicted molar refractivity (Wildman–Crippen MR) is 106 cm³/mol. The summed E-state index contributed by atoms with van der Waals surface area (Å²) in [6.07, 6.45) is 5.60. The summed E-state index contributed by atoms with van der Waals surface area (Å²) in [5.74, 6) is 1.06. The molecule has 0 saturated heterocycles. The van der Waals surface area contributed by atoms with E-state index in [0.717, 1.165) is 37.0 Å². The molecule has 0 N–H and O–H groups in total. The molecule has 6 heteroatoms. The molecular formula is C21H25N3O3. The number of aromatic nitrogens is 3. The van der Waals surface area contributed by atoms with E-state index in [4.69, 9.17) is 9.72 Å². The molecule has 0 atom stereocenters. The number of ether oxygens (including phenoxy) is 1. The Morgan fingerprint density at radius 1 is 1.15 bits per heavy atom. The molecular weight excluding hydrogens is 342 g/mol. The molecule has 1 fully saturated rings. The maximum absolute atomic E-state index is 13.4. The van der Waals surface area contributed by atoms with Crippen molar-refractivity contribution in [3.8, 4) is 0 Å². The van der Waals surface area contributed by atoms with Gasteiger partial charge in [0, 0.05) is 25.5 Å². The van der Waals surface area contributed by atoms with Crippen molar-refractivity contribution in [1.29, 1.82) is 0 Å². The van der Waals surface area contributed by atoms with Gasteiger partial charge in [0.2, 0.25) is 5.43 Å². The first-order chi connectivity index (χ1) is 13.1. The van der Waals surface area contributed by atoms with Crippen LogP contribution in [0.15, 0.2) is 33.9 Å². The van der Waals surface area contributed by atoms with Crippen LogP contribution >= 0.6 is 0 Å². The van der Waals surface area contributed by atoms with E-state index in [0.29, 0.717) is 24.2 Å². The van der Waals surface area contributed by atoms with Crippen molar-refractivity contribution >= 4 is 21.9 Å². The van der Waals surface area contributed by atoms with Crippen LogP contribution in [-0.4, -0.2) is 27.8 Å². The Morgan fingerprint density at radius 3 is 2.63 bits per heavy atom. The summed E-state index contributed by atoms with van der Waals surface area (Å²) in [5.41, 5.74) is 0.797. The summed E-state index contributed by atoms with van der Waals surface area (Å²) in [4.78, 5) is 31.3. The van der Waals surface area contributed by atoms with Gasteiger partial charge in [0.05, 0.1) is 18.7 Å². The van der Waals surface area contributed by atoms with Gasteiger partial charge in [0.1, 0.15) is 11.2 Å². The number of nitrogens with zero attached hydrogens (tertiary/aromatic N) is 3. The summed E-state index contributed by atoms with van der Waals surface area (Å²) in [6, 6.07) is 7.39. The van der Waals surface area contributed by atoms with Crippen molar-refractivity contribution in [3.63, 3.8) is 0 Å². The van der Waals surface area contributed by atoms with Gasteiger partial charge >= 0.3 is 0 Å². The molecule has 27 heavy (non-hydrogen) atoms. The van der Waals surface area contributed by atoms with Crippen LogP contribution in [0.5, 0.6) is 0 Å². The molecule has 0 amide bonds. The van der Waals surface area contributed by atoms with Gasteiger partial charge in [0.25, 0.3) is 5.56 Å². The number of pyridine rings is 1. The van der Waals surface area contributed by atoms with Crippen molar-refractivity contribution in [2.45, 2.75) is 44.6 Å². The van der Waals surface area contributed by atoms with Crippen LogP contribution in [0, 0.1) is 0 Å². The maximum Gasteiger partial charge on any atom is 0.267 e. The molecule has 0 radical (unpaired) electrons. The van der Waals surface area contributed by atoms with E-state index in [1.165, 1.54) is 6.42 Å². The van der Waals surface area contributed by atoms with E-state index in [9.17, 15) is 9.59 Å². The number of aryl methyl sites for hydroxylation is 1. The molecule has 0 bridgehead atoms. The highest BCUT2D eigenvalue weighted by Crippen LogP contribution is 2.31. The number of hydrogen-bond acceptors (Lipinski definition) is 4. The Bertz CT molecular complexity index is 1110. The van der Waals surface area contributed by atoms with Crippen LogP contribution < -0.4 is 11.0 Å². The van der Waals surface area contributed by atoms with E-state index in [1.54, 1.807) is 17.7 Å². The smallest absolute Gasteiger partial charge is 0.267 e. The normalized spacial score (nSPS) is 15.6. The minimum absolute atomic E-state index is 0.173. The Hall–Kier alpha value is -2.47. The standard InChI is InChI=1S/C21H25N3O3/c1-23-16-11-7-6-10-15(16)18(25)17-20(23)22-19(14-8-4-3-5-9-14)24(21(17)26)12-13-27-2/h6-7,10-11,14H,3-5,8-9,12-13H2,1-2H3. The van der Waals surface area contributed by atoms with Gasteiger partial charge in [-0.3, -0.25) is 14.2 Å². The molecule has 1 aliphatic rings. The molecule has 1 aromatic carbocycles. The highest BCUT2D eigenvalue weighted by atomic mass is 16.5. The number of benzene rings is 1. The fraction of sp³-hybridized carbons (Fsp3) is 0.476. The first kappa shape index (κ1) is 17.9. The topological polar surface area (TPSA) is 66.1 Å². The molecule has 1 saturated carbocycles. The lowest BCUT2D eigenvalue weighted by molar-refractivity contribution is 0.184. The van der Waals surface area contributed by atoms with E-state index in [1.807, 2.05) is 29.8 Å². The number of fused-ring (bicyclic) bond motifs is 2. The van der Waals surface area contributed by atoms with E-state index >= 15 is 0 Å². The summed E-state index contributed by atoms with van der Waals surface area (Å²) < 4.78 is 8.76. The Balaban J connectivity index is 2.07. The van der Waals surface area contributed by atoms with E-state index < -0.39 is 0 Å². The summed E-state index contributed by atoms with van der Waals surface area (Å²) in [6.45, 7) is 0.834. The molecule has 142 valence electrons. The lowest BCUT2D eigenvalue weighted by Gasteiger charge is -2.25. The first-order valence-electron chi connectivity index (χ1n) is 9.64. The van der Waals surface area contributed by atoms with Gasteiger partial charge in [-0.05, 0) is 25.0 Å². The van der Waals surface area contributed by atoms with Crippen molar-refractivity contribution < 1.29 is 4.74 Å². The molecule has 0 unspecified atom stereocenters. The van der Waals surface area contributed by atoms with Gasteiger partial charge in [-0.15, -0.1) is 0 Å². The molecule has 0 spiro atoms. The number of rotatable bonds is 4. The van der Waals surface area contributed by atoms with Crippen molar-refractivity contribution in [1.82, 2.24) is 14.1 Å². The first-order valence-corrected chi connectivity index (χ1v) is 9.64.